The zero-order valence-corrected chi connectivity index (χ0v) is 14.4. The van der Waals surface area contributed by atoms with Crippen molar-refractivity contribution in [1.29, 1.82) is 0 Å². The largest absolute Gasteiger partial charge is 0.435 e. The Labute approximate surface area is 151 Å². The highest BCUT2D eigenvalue weighted by Gasteiger charge is 2.35. The van der Waals surface area contributed by atoms with Crippen molar-refractivity contribution in [1.82, 2.24) is 19.1 Å². The Morgan fingerprint density at radius 3 is 2.58 bits per heavy atom. The molecule has 2 aromatic heterocycles. The lowest BCUT2D eigenvalue weighted by molar-refractivity contribution is -0.141. The number of amides is 1. The number of benzene rings is 1. The number of piperidine rings is 1. The first-order valence-electron chi connectivity index (χ1n) is 8.19. The highest BCUT2D eigenvalue weighted by Crippen LogP contribution is 2.30. The van der Waals surface area contributed by atoms with E-state index in [1.54, 1.807) is 4.90 Å². The maximum absolute atomic E-state index is 12.8. The second kappa shape index (κ2) is 6.39. The van der Waals surface area contributed by atoms with E-state index in [2.05, 4.69) is 9.47 Å². The molecule has 1 saturated heterocycles. The number of alkyl halides is 3. The van der Waals surface area contributed by atoms with Crippen LogP contribution in [0.5, 0.6) is 0 Å². The Kier molecular flexibility index (Phi) is 4.18. The van der Waals surface area contributed by atoms with Gasteiger partial charge in [-0.25, -0.2) is 0 Å². The summed E-state index contributed by atoms with van der Waals surface area (Å²) in [5, 5.41) is 4.48. The van der Waals surface area contributed by atoms with E-state index in [1.165, 1.54) is 22.4 Å². The van der Waals surface area contributed by atoms with Gasteiger partial charge in [0.05, 0.1) is 10.7 Å². The molecule has 0 aliphatic carbocycles. The second-order valence-electron chi connectivity index (χ2n) is 6.23. The van der Waals surface area contributed by atoms with Crippen LogP contribution in [0.1, 0.15) is 35.1 Å². The predicted molar refractivity (Wildman–Crippen MR) is 91.0 cm³/mol. The van der Waals surface area contributed by atoms with Crippen molar-refractivity contribution in [3.8, 4) is 0 Å². The van der Waals surface area contributed by atoms with Crippen molar-refractivity contribution >= 4 is 27.5 Å². The number of hydrogen-bond donors (Lipinski definition) is 0. The molecule has 0 N–H and O–H groups in total. The number of hydrogen-bond acceptors (Lipinski definition) is 4. The first kappa shape index (κ1) is 17.0. The van der Waals surface area contributed by atoms with Crippen LogP contribution in [0.25, 0.3) is 10.1 Å². The summed E-state index contributed by atoms with van der Waals surface area (Å²) in [7, 11) is 0. The molecule has 0 saturated carbocycles. The lowest BCUT2D eigenvalue weighted by Gasteiger charge is -2.31. The molecule has 5 nitrogen and oxygen atoms in total. The van der Waals surface area contributed by atoms with Crippen molar-refractivity contribution in [2.75, 3.05) is 13.1 Å². The normalized spacial score (nSPS) is 16.3. The molecule has 1 amide bonds. The van der Waals surface area contributed by atoms with Gasteiger partial charge in [0.15, 0.2) is 5.69 Å². The van der Waals surface area contributed by atoms with Crippen LogP contribution >= 0.6 is 11.5 Å². The first-order chi connectivity index (χ1) is 12.4. The third kappa shape index (κ3) is 3.07. The van der Waals surface area contributed by atoms with Gasteiger partial charge in [-0.3, -0.25) is 9.48 Å². The van der Waals surface area contributed by atoms with Crippen LogP contribution in [-0.2, 0) is 6.18 Å². The van der Waals surface area contributed by atoms with E-state index in [0.717, 1.165) is 16.2 Å². The Morgan fingerprint density at radius 1 is 1.15 bits per heavy atom. The maximum atomic E-state index is 12.8. The Morgan fingerprint density at radius 2 is 1.88 bits per heavy atom. The van der Waals surface area contributed by atoms with Crippen LogP contribution < -0.4 is 0 Å². The van der Waals surface area contributed by atoms with Crippen LogP contribution in [0.4, 0.5) is 13.2 Å². The molecule has 1 aromatic carbocycles. The molecule has 26 heavy (non-hydrogen) atoms. The summed E-state index contributed by atoms with van der Waals surface area (Å²) < 4.78 is 44.7. The van der Waals surface area contributed by atoms with E-state index in [9.17, 15) is 18.0 Å². The van der Waals surface area contributed by atoms with Crippen LogP contribution in [-0.4, -0.2) is 38.1 Å². The van der Waals surface area contributed by atoms with E-state index < -0.39 is 11.9 Å². The van der Waals surface area contributed by atoms with Gasteiger partial charge in [0.1, 0.15) is 5.69 Å². The molecule has 9 heteroatoms. The third-order valence-corrected chi connectivity index (χ3v) is 5.43. The number of rotatable bonds is 2. The molecule has 3 aromatic rings. The van der Waals surface area contributed by atoms with Gasteiger partial charge in [-0.2, -0.15) is 22.6 Å². The van der Waals surface area contributed by atoms with Gasteiger partial charge < -0.3 is 4.90 Å². The lowest BCUT2D eigenvalue weighted by atomic mass is 10.0. The van der Waals surface area contributed by atoms with Gasteiger partial charge in [0.2, 0.25) is 0 Å². The van der Waals surface area contributed by atoms with E-state index in [0.29, 0.717) is 31.6 Å². The van der Waals surface area contributed by atoms with Gasteiger partial charge in [-0.1, -0.05) is 18.2 Å². The fourth-order valence-electron chi connectivity index (χ4n) is 3.22. The van der Waals surface area contributed by atoms with Crippen LogP contribution in [0.3, 0.4) is 0 Å². The van der Waals surface area contributed by atoms with Crippen LogP contribution in [0.15, 0.2) is 36.5 Å². The second-order valence-corrected chi connectivity index (χ2v) is 7.03. The van der Waals surface area contributed by atoms with Crippen LogP contribution in [0.2, 0.25) is 0 Å². The van der Waals surface area contributed by atoms with Crippen molar-refractivity contribution in [2.24, 2.45) is 0 Å². The third-order valence-electron chi connectivity index (χ3n) is 4.60. The van der Waals surface area contributed by atoms with Crippen molar-refractivity contribution in [2.45, 2.75) is 25.1 Å². The topological polar surface area (TPSA) is 51.0 Å². The molecule has 136 valence electrons. The molecule has 0 atom stereocenters. The molecule has 0 radical (unpaired) electrons. The number of carbonyl (C=O) groups is 1. The minimum absolute atomic E-state index is 0.127. The minimum atomic E-state index is -4.44. The molecule has 1 aliphatic heterocycles. The molecule has 3 heterocycles. The minimum Gasteiger partial charge on any atom is -0.337 e. The fraction of sp³-hybridized carbons (Fsp3) is 0.353. The SMILES string of the molecule is O=C(c1nsc2ccccc12)N1CCC(n2ccc(C(F)(F)F)n2)CC1. The van der Waals surface area contributed by atoms with Gasteiger partial charge >= 0.3 is 6.18 Å². The van der Waals surface area contributed by atoms with Crippen molar-refractivity contribution in [3.05, 3.63) is 47.9 Å². The highest BCUT2D eigenvalue weighted by molar-refractivity contribution is 7.13. The Bertz CT molecular complexity index is 941. The summed E-state index contributed by atoms with van der Waals surface area (Å²) in [5.74, 6) is -0.127. The van der Waals surface area contributed by atoms with E-state index in [4.69, 9.17) is 0 Å². The molecule has 1 aliphatic rings. The summed E-state index contributed by atoms with van der Waals surface area (Å²) in [6.07, 6.45) is -1.95. The summed E-state index contributed by atoms with van der Waals surface area (Å²) in [4.78, 5) is 14.5. The summed E-state index contributed by atoms with van der Waals surface area (Å²) in [6, 6.07) is 8.42. The van der Waals surface area contributed by atoms with Crippen molar-refractivity contribution in [3.63, 3.8) is 0 Å². The fourth-order valence-corrected chi connectivity index (χ4v) is 3.98. The number of aromatic nitrogens is 3. The molecule has 4 rings (SSSR count). The van der Waals surface area contributed by atoms with Crippen LogP contribution in [0, 0.1) is 0 Å². The van der Waals surface area contributed by atoms with E-state index in [1.807, 2.05) is 24.3 Å². The molecule has 1 fully saturated rings. The number of fused-ring (bicyclic) bond motifs is 1. The quantitative estimate of drug-likeness (QED) is 0.676. The van der Waals surface area contributed by atoms with Crippen molar-refractivity contribution < 1.29 is 18.0 Å². The number of nitrogens with zero attached hydrogens (tertiary/aromatic N) is 4. The summed E-state index contributed by atoms with van der Waals surface area (Å²) >= 11 is 1.29. The Balaban J connectivity index is 1.45. The molecular formula is C17H15F3N4OS. The highest BCUT2D eigenvalue weighted by atomic mass is 32.1. The molecule has 0 spiro atoms. The molecule has 0 bridgehead atoms. The Hall–Kier alpha value is -2.42. The monoisotopic (exact) mass is 380 g/mol. The average Bonchev–Trinajstić information content (AvgIpc) is 3.28. The van der Waals surface area contributed by atoms with Gasteiger partial charge in [-0.15, -0.1) is 0 Å². The van der Waals surface area contributed by atoms with Gasteiger partial charge in [0, 0.05) is 24.7 Å². The summed E-state index contributed by atoms with van der Waals surface area (Å²) in [5.41, 5.74) is -0.438. The molecule has 0 unspecified atom stereocenters. The van der Waals surface area contributed by atoms with E-state index in [-0.39, 0.29) is 11.9 Å². The zero-order valence-electron chi connectivity index (χ0n) is 13.6. The standard InChI is InChI=1S/C17H15F3N4OS/c18-17(19,20)14-7-10-24(21-14)11-5-8-23(9-6-11)16(25)15-12-3-1-2-4-13(12)26-22-15/h1-4,7,10-11H,5-6,8-9H2. The average molecular weight is 380 g/mol. The molecular weight excluding hydrogens is 365 g/mol. The zero-order chi connectivity index (χ0) is 18.3. The van der Waals surface area contributed by atoms with Gasteiger partial charge in [0.25, 0.3) is 5.91 Å². The maximum Gasteiger partial charge on any atom is 0.435 e. The predicted octanol–water partition coefficient (Wildman–Crippen LogP) is 3.99. The smallest absolute Gasteiger partial charge is 0.337 e. The van der Waals surface area contributed by atoms with E-state index >= 15 is 0 Å². The van der Waals surface area contributed by atoms with Gasteiger partial charge in [-0.05, 0) is 36.5 Å². The number of halogens is 3. The lowest BCUT2D eigenvalue weighted by Crippen LogP contribution is -2.39. The summed E-state index contributed by atoms with van der Waals surface area (Å²) in [6.45, 7) is 0.938. The number of carbonyl (C=O) groups excluding carboxylic acids is 1. The number of likely N-dealkylation sites (tertiary alicyclic amines) is 1. The first-order valence-corrected chi connectivity index (χ1v) is 8.97.